The van der Waals surface area contributed by atoms with Crippen molar-refractivity contribution < 1.29 is 14.6 Å². The van der Waals surface area contributed by atoms with Crippen molar-refractivity contribution in [2.75, 3.05) is 6.61 Å². The smallest absolute Gasteiger partial charge is 0.326 e. The molecule has 0 amide bonds. The van der Waals surface area contributed by atoms with Crippen molar-refractivity contribution in [1.29, 1.82) is 0 Å². The van der Waals surface area contributed by atoms with Crippen LogP contribution in [0, 0.1) is 0 Å². The van der Waals surface area contributed by atoms with Gasteiger partial charge in [-0.3, -0.25) is 4.79 Å². The Morgan fingerprint density at radius 2 is 2.47 bits per heavy atom. The second-order valence-corrected chi connectivity index (χ2v) is 5.29. The topological polar surface area (TPSA) is 85.4 Å². The average molecular weight is 256 g/mol. The second kappa shape index (κ2) is 4.72. The van der Waals surface area contributed by atoms with Gasteiger partial charge in [-0.15, -0.1) is 11.3 Å². The molecule has 2 unspecified atom stereocenters. The molecule has 2 atom stereocenters. The summed E-state index contributed by atoms with van der Waals surface area (Å²) in [6, 6.07) is -1.05. The number of aliphatic carboxylic acids is 1. The standard InChI is InChI=1S/C11H16N2O3S/c1-11(4-2-3-5-16-11)10-13-7(6-17-10)8(12)9(14)15/h6,8H,2-5,12H2,1H3,(H,14,15). The minimum atomic E-state index is -1.06. The summed E-state index contributed by atoms with van der Waals surface area (Å²) >= 11 is 1.42. The normalized spacial score (nSPS) is 26.7. The zero-order valence-electron chi connectivity index (χ0n) is 9.68. The van der Waals surface area contributed by atoms with Crippen molar-refractivity contribution in [3.8, 4) is 0 Å². The van der Waals surface area contributed by atoms with Crippen LogP contribution in [0.3, 0.4) is 0 Å². The lowest BCUT2D eigenvalue weighted by Gasteiger charge is -2.31. The summed E-state index contributed by atoms with van der Waals surface area (Å²) in [5.41, 5.74) is 5.56. The van der Waals surface area contributed by atoms with E-state index < -0.39 is 12.0 Å². The first-order valence-corrected chi connectivity index (χ1v) is 6.49. The third-order valence-electron chi connectivity index (χ3n) is 3.03. The number of nitrogens with two attached hydrogens (primary N) is 1. The van der Waals surface area contributed by atoms with Crippen LogP contribution in [0.15, 0.2) is 5.38 Å². The van der Waals surface area contributed by atoms with Gasteiger partial charge in [-0.1, -0.05) is 0 Å². The Morgan fingerprint density at radius 1 is 1.71 bits per heavy atom. The van der Waals surface area contributed by atoms with Crippen LogP contribution in [0.25, 0.3) is 0 Å². The molecular weight excluding hydrogens is 240 g/mol. The molecule has 6 heteroatoms. The number of ether oxygens (including phenoxy) is 1. The van der Waals surface area contributed by atoms with Gasteiger partial charge in [0.1, 0.15) is 16.7 Å². The third-order valence-corrected chi connectivity index (χ3v) is 4.13. The number of thiazole rings is 1. The van der Waals surface area contributed by atoms with Crippen molar-refractivity contribution in [1.82, 2.24) is 4.98 Å². The molecule has 0 aromatic carbocycles. The molecule has 1 fully saturated rings. The molecular formula is C11H16N2O3S. The largest absolute Gasteiger partial charge is 0.480 e. The number of hydrogen-bond donors (Lipinski definition) is 2. The van der Waals surface area contributed by atoms with E-state index in [-0.39, 0.29) is 5.60 Å². The molecule has 2 heterocycles. The van der Waals surface area contributed by atoms with Crippen LogP contribution < -0.4 is 5.73 Å². The molecule has 1 aromatic heterocycles. The molecule has 3 N–H and O–H groups in total. The van der Waals surface area contributed by atoms with Gasteiger partial charge < -0.3 is 15.6 Å². The van der Waals surface area contributed by atoms with E-state index in [0.29, 0.717) is 5.69 Å². The highest BCUT2D eigenvalue weighted by atomic mass is 32.1. The molecule has 0 bridgehead atoms. The summed E-state index contributed by atoms with van der Waals surface area (Å²) in [6.45, 7) is 2.73. The molecule has 0 aliphatic carbocycles. The predicted molar refractivity (Wildman–Crippen MR) is 63.8 cm³/mol. The van der Waals surface area contributed by atoms with Gasteiger partial charge in [0.15, 0.2) is 0 Å². The second-order valence-electron chi connectivity index (χ2n) is 4.43. The molecule has 0 radical (unpaired) electrons. The van der Waals surface area contributed by atoms with Crippen molar-refractivity contribution in [2.45, 2.75) is 37.8 Å². The summed E-state index contributed by atoms with van der Waals surface area (Å²) in [4.78, 5) is 15.1. The fourth-order valence-corrected chi connectivity index (χ4v) is 2.90. The van der Waals surface area contributed by atoms with E-state index in [9.17, 15) is 4.79 Å². The van der Waals surface area contributed by atoms with Gasteiger partial charge in [0, 0.05) is 12.0 Å². The first-order chi connectivity index (χ1) is 8.03. The highest BCUT2D eigenvalue weighted by Crippen LogP contribution is 2.36. The van der Waals surface area contributed by atoms with Gasteiger partial charge in [-0.25, -0.2) is 4.98 Å². The van der Waals surface area contributed by atoms with Gasteiger partial charge in [0.2, 0.25) is 0 Å². The Bertz CT molecular complexity index is 413. The minimum absolute atomic E-state index is 0.376. The number of rotatable bonds is 3. The molecule has 17 heavy (non-hydrogen) atoms. The highest BCUT2D eigenvalue weighted by Gasteiger charge is 2.33. The van der Waals surface area contributed by atoms with Gasteiger partial charge in [-0.05, 0) is 26.2 Å². The van der Waals surface area contributed by atoms with Crippen LogP contribution >= 0.6 is 11.3 Å². The van der Waals surface area contributed by atoms with E-state index in [1.54, 1.807) is 5.38 Å². The summed E-state index contributed by atoms with van der Waals surface area (Å²) in [6.07, 6.45) is 3.10. The zero-order valence-corrected chi connectivity index (χ0v) is 10.5. The molecule has 2 rings (SSSR count). The van der Waals surface area contributed by atoms with Gasteiger partial charge in [-0.2, -0.15) is 0 Å². The van der Waals surface area contributed by atoms with Crippen LogP contribution in [-0.4, -0.2) is 22.7 Å². The Morgan fingerprint density at radius 3 is 3.06 bits per heavy atom. The highest BCUT2D eigenvalue weighted by molar-refractivity contribution is 7.09. The monoisotopic (exact) mass is 256 g/mol. The number of carbonyl (C=O) groups is 1. The SMILES string of the molecule is CC1(c2nc(C(N)C(=O)O)cs2)CCCCO1. The molecule has 94 valence electrons. The Hall–Kier alpha value is -0.980. The maximum atomic E-state index is 10.8. The van der Waals surface area contributed by atoms with Crippen molar-refractivity contribution in [2.24, 2.45) is 5.73 Å². The lowest BCUT2D eigenvalue weighted by atomic mass is 9.97. The summed E-state index contributed by atoms with van der Waals surface area (Å²) < 4.78 is 5.76. The lowest BCUT2D eigenvalue weighted by Crippen LogP contribution is -2.30. The van der Waals surface area contributed by atoms with Crippen molar-refractivity contribution >= 4 is 17.3 Å². The fourth-order valence-electron chi connectivity index (χ4n) is 1.90. The first-order valence-electron chi connectivity index (χ1n) is 5.61. The molecule has 5 nitrogen and oxygen atoms in total. The molecule has 0 spiro atoms. The van der Waals surface area contributed by atoms with Crippen LogP contribution in [0.2, 0.25) is 0 Å². The van der Waals surface area contributed by atoms with Gasteiger partial charge in [0.25, 0.3) is 0 Å². The maximum Gasteiger partial charge on any atom is 0.326 e. The number of hydrogen-bond acceptors (Lipinski definition) is 5. The molecule has 1 saturated heterocycles. The molecule has 1 aliphatic rings. The Labute approximate surface area is 104 Å². The summed E-state index contributed by atoms with van der Waals surface area (Å²) in [5, 5.41) is 11.4. The zero-order chi connectivity index (χ0) is 12.5. The lowest BCUT2D eigenvalue weighted by molar-refractivity contribution is -0.138. The molecule has 0 saturated carbocycles. The first kappa shape index (κ1) is 12.5. The third kappa shape index (κ3) is 2.48. The van der Waals surface area contributed by atoms with Gasteiger partial charge >= 0.3 is 5.97 Å². The van der Waals surface area contributed by atoms with E-state index in [1.165, 1.54) is 11.3 Å². The number of aromatic nitrogens is 1. The molecule has 1 aromatic rings. The van der Waals surface area contributed by atoms with Crippen LogP contribution in [0.4, 0.5) is 0 Å². The Kier molecular flexibility index (Phi) is 3.46. The van der Waals surface area contributed by atoms with Crippen LogP contribution in [0.5, 0.6) is 0 Å². The summed E-state index contributed by atoms with van der Waals surface area (Å²) in [7, 11) is 0. The number of nitrogens with zero attached hydrogens (tertiary/aromatic N) is 1. The molecule has 1 aliphatic heterocycles. The fraction of sp³-hybridized carbons (Fsp3) is 0.636. The Balaban J connectivity index is 2.20. The summed E-state index contributed by atoms with van der Waals surface area (Å²) in [5.74, 6) is -1.06. The van der Waals surface area contributed by atoms with Crippen LogP contribution in [0.1, 0.15) is 42.9 Å². The number of carboxylic acid groups (broad SMARTS) is 1. The van der Waals surface area contributed by atoms with E-state index >= 15 is 0 Å². The number of carboxylic acids is 1. The van der Waals surface area contributed by atoms with E-state index in [0.717, 1.165) is 30.9 Å². The van der Waals surface area contributed by atoms with E-state index in [1.807, 2.05) is 6.92 Å². The van der Waals surface area contributed by atoms with Crippen molar-refractivity contribution in [3.63, 3.8) is 0 Å². The van der Waals surface area contributed by atoms with E-state index in [4.69, 9.17) is 15.6 Å². The van der Waals surface area contributed by atoms with E-state index in [2.05, 4.69) is 4.98 Å². The van der Waals surface area contributed by atoms with Crippen LogP contribution in [-0.2, 0) is 15.1 Å². The van der Waals surface area contributed by atoms with Gasteiger partial charge in [0.05, 0.1) is 5.69 Å². The maximum absolute atomic E-state index is 10.8. The predicted octanol–water partition coefficient (Wildman–Crippen LogP) is 1.64. The minimum Gasteiger partial charge on any atom is -0.480 e. The van der Waals surface area contributed by atoms with Crippen molar-refractivity contribution in [3.05, 3.63) is 16.1 Å². The quantitative estimate of drug-likeness (QED) is 0.858. The average Bonchev–Trinajstić information content (AvgIpc) is 2.78.